The molecule has 0 bridgehead atoms. The maximum atomic E-state index is 12.4. The molecule has 2 aromatic carbocycles. The number of aryl methyl sites for hydroxylation is 1. The van der Waals surface area contributed by atoms with Crippen LogP contribution in [0.15, 0.2) is 53.0 Å². The number of hydrogen-bond acceptors (Lipinski definition) is 1. The Bertz CT molecular complexity index is 601. The molecule has 0 saturated carbocycles. The summed E-state index contributed by atoms with van der Waals surface area (Å²) in [4.78, 5) is 12.4. The van der Waals surface area contributed by atoms with Gasteiger partial charge in [-0.3, -0.25) is 4.79 Å². The van der Waals surface area contributed by atoms with Crippen molar-refractivity contribution in [3.63, 3.8) is 0 Å². The standard InChI is InChI=1S/C16H15BrClNO/c1-11-7-8-13(17)9-14(11)16(20)19-15(10-18)12-5-3-2-4-6-12/h2-9,15H,10H2,1H3,(H,19,20). The number of benzene rings is 2. The molecule has 0 spiro atoms. The molecule has 2 rings (SSSR count). The second-order valence-electron chi connectivity index (χ2n) is 4.55. The number of hydrogen-bond donors (Lipinski definition) is 1. The van der Waals surface area contributed by atoms with Crippen LogP contribution in [0.2, 0.25) is 0 Å². The quantitative estimate of drug-likeness (QED) is 0.808. The van der Waals surface area contributed by atoms with Gasteiger partial charge < -0.3 is 5.32 Å². The molecule has 0 radical (unpaired) electrons. The summed E-state index contributed by atoms with van der Waals surface area (Å²) in [6.07, 6.45) is 0. The van der Waals surface area contributed by atoms with Gasteiger partial charge in [-0.25, -0.2) is 0 Å². The molecule has 2 aromatic rings. The Morgan fingerprint density at radius 2 is 1.95 bits per heavy atom. The van der Waals surface area contributed by atoms with E-state index in [1.807, 2.05) is 55.5 Å². The van der Waals surface area contributed by atoms with E-state index < -0.39 is 0 Å². The summed E-state index contributed by atoms with van der Waals surface area (Å²) in [5, 5.41) is 2.98. The van der Waals surface area contributed by atoms with E-state index in [1.165, 1.54) is 0 Å². The highest BCUT2D eigenvalue weighted by molar-refractivity contribution is 9.10. The molecule has 0 aliphatic carbocycles. The molecular weight excluding hydrogens is 338 g/mol. The molecule has 0 fully saturated rings. The van der Waals surface area contributed by atoms with Crippen molar-refractivity contribution in [2.45, 2.75) is 13.0 Å². The third kappa shape index (κ3) is 3.62. The topological polar surface area (TPSA) is 29.1 Å². The van der Waals surface area contributed by atoms with Gasteiger partial charge in [-0.05, 0) is 30.2 Å². The van der Waals surface area contributed by atoms with Crippen LogP contribution in [0.25, 0.3) is 0 Å². The summed E-state index contributed by atoms with van der Waals surface area (Å²) in [5.41, 5.74) is 2.60. The molecule has 0 aromatic heterocycles. The van der Waals surface area contributed by atoms with E-state index >= 15 is 0 Å². The van der Waals surface area contributed by atoms with Gasteiger partial charge in [0.1, 0.15) is 0 Å². The fourth-order valence-corrected chi connectivity index (χ4v) is 2.59. The lowest BCUT2D eigenvalue weighted by Crippen LogP contribution is -2.30. The van der Waals surface area contributed by atoms with Crippen molar-refractivity contribution in [3.05, 3.63) is 69.7 Å². The first-order valence-electron chi connectivity index (χ1n) is 6.29. The summed E-state index contributed by atoms with van der Waals surface area (Å²) in [5.74, 6) is 0.223. The van der Waals surface area contributed by atoms with Crippen molar-refractivity contribution in [3.8, 4) is 0 Å². The summed E-state index contributed by atoms with van der Waals surface area (Å²) in [6.45, 7) is 1.92. The molecule has 1 atom stereocenters. The van der Waals surface area contributed by atoms with Crippen LogP contribution >= 0.6 is 27.5 Å². The lowest BCUT2D eigenvalue weighted by molar-refractivity contribution is 0.0939. The van der Waals surface area contributed by atoms with E-state index in [0.717, 1.165) is 15.6 Å². The maximum Gasteiger partial charge on any atom is 0.252 e. The minimum absolute atomic E-state index is 0.113. The number of carbonyl (C=O) groups excluding carboxylic acids is 1. The number of nitrogens with one attached hydrogen (secondary N) is 1. The Balaban J connectivity index is 2.20. The Morgan fingerprint density at radius 3 is 2.60 bits per heavy atom. The van der Waals surface area contributed by atoms with Crippen LogP contribution in [0.3, 0.4) is 0 Å². The van der Waals surface area contributed by atoms with Gasteiger partial charge in [0.05, 0.1) is 6.04 Å². The number of carbonyl (C=O) groups is 1. The van der Waals surface area contributed by atoms with Gasteiger partial charge in [-0.1, -0.05) is 52.3 Å². The highest BCUT2D eigenvalue weighted by Crippen LogP contribution is 2.19. The first-order chi connectivity index (χ1) is 9.61. The minimum atomic E-state index is -0.191. The Hall–Kier alpha value is -1.32. The van der Waals surface area contributed by atoms with Gasteiger partial charge in [0.25, 0.3) is 5.91 Å². The summed E-state index contributed by atoms with van der Waals surface area (Å²) < 4.78 is 0.885. The first kappa shape index (κ1) is 15.1. The molecule has 4 heteroatoms. The molecule has 1 amide bonds. The Kier molecular flexibility index (Phi) is 5.21. The van der Waals surface area contributed by atoms with Gasteiger partial charge in [-0.15, -0.1) is 11.6 Å². The van der Waals surface area contributed by atoms with Crippen molar-refractivity contribution in [2.75, 3.05) is 5.88 Å². The third-order valence-corrected chi connectivity index (χ3v) is 3.91. The average Bonchev–Trinajstić information content (AvgIpc) is 2.48. The van der Waals surface area contributed by atoms with Crippen LogP contribution in [-0.2, 0) is 0 Å². The van der Waals surface area contributed by atoms with E-state index in [1.54, 1.807) is 0 Å². The highest BCUT2D eigenvalue weighted by atomic mass is 79.9. The number of halogens is 2. The first-order valence-corrected chi connectivity index (χ1v) is 7.62. The molecule has 104 valence electrons. The number of rotatable bonds is 4. The van der Waals surface area contributed by atoms with E-state index in [2.05, 4.69) is 21.2 Å². The average molecular weight is 353 g/mol. The molecule has 0 aliphatic rings. The minimum Gasteiger partial charge on any atom is -0.344 e. The zero-order chi connectivity index (χ0) is 14.5. The van der Waals surface area contributed by atoms with Crippen molar-refractivity contribution < 1.29 is 4.79 Å². The zero-order valence-electron chi connectivity index (χ0n) is 11.1. The fourth-order valence-electron chi connectivity index (χ4n) is 1.97. The van der Waals surface area contributed by atoms with Crippen LogP contribution in [0, 0.1) is 6.92 Å². The molecule has 20 heavy (non-hydrogen) atoms. The predicted molar refractivity (Wildman–Crippen MR) is 86.2 cm³/mol. The highest BCUT2D eigenvalue weighted by Gasteiger charge is 2.16. The van der Waals surface area contributed by atoms with Gasteiger partial charge in [0.15, 0.2) is 0 Å². The molecule has 0 aliphatic heterocycles. The lowest BCUT2D eigenvalue weighted by Gasteiger charge is -2.17. The van der Waals surface area contributed by atoms with E-state index in [-0.39, 0.29) is 11.9 Å². The maximum absolute atomic E-state index is 12.4. The lowest BCUT2D eigenvalue weighted by atomic mass is 10.1. The molecule has 1 N–H and O–H groups in total. The third-order valence-electron chi connectivity index (χ3n) is 3.11. The monoisotopic (exact) mass is 351 g/mol. The van der Waals surface area contributed by atoms with Crippen LogP contribution in [0.4, 0.5) is 0 Å². The van der Waals surface area contributed by atoms with Crippen molar-refractivity contribution >= 4 is 33.4 Å². The molecule has 1 unspecified atom stereocenters. The normalized spacial score (nSPS) is 11.9. The predicted octanol–water partition coefficient (Wildman–Crippen LogP) is 4.47. The van der Waals surface area contributed by atoms with Gasteiger partial charge in [0.2, 0.25) is 0 Å². The molecule has 2 nitrogen and oxygen atoms in total. The summed E-state index contributed by atoms with van der Waals surface area (Å²) in [7, 11) is 0. The van der Waals surface area contributed by atoms with Crippen molar-refractivity contribution in [1.29, 1.82) is 0 Å². The van der Waals surface area contributed by atoms with Crippen LogP contribution in [-0.4, -0.2) is 11.8 Å². The second kappa shape index (κ2) is 6.91. The Labute approximate surface area is 132 Å². The SMILES string of the molecule is Cc1ccc(Br)cc1C(=O)NC(CCl)c1ccccc1. The van der Waals surface area contributed by atoms with Gasteiger partial charge in [-0.2, -0.15) is 0 Å². The fraction of sp³-hybridized carbons (Fsp3) is 0.188. The molecular formula is C16H15BrClNO. The summed E-state index contributed by atoms with van der Waals surface area (Å²) >= 11 is 9.37. The van der Waals surface area contributed by atoms with Gasteiger partial charge >= 0.3 is 0 Å². The second-order valence-corrected chi connectivity index (χ2v) is 5.77. The molecule has 0 saturated heterocycles. The van der Waals surface area contributed by atoms with E-state index in [4.69, 9.17) is 11.6 Å². The largest absolute Gasteiger partial charge is 0.344 e. The van der Waals surface area contributed by atoms with Crippen LogP contribution < -0.4 is 5.32 Å². The van der Waals surface area contributed by atoms with Crippen molar-refractivity contribution in [2.24, 2.45) is 0 Å². The molecule has 0 heterocycles. The summed E-state index contributed by atoms with van der Waals surface area (Å²) in [6, 6.07) is 15.2. The number of amides is 1. The van der Waals surface area contributed by atoms with Crippen LogP contribution in [0.1, 0.15) is 27.5 Å². The van der Waals surface area contributed by atoms with Gasteiger partial charge in [0, 0.05) is 15.9 Å². The van der Waals surface area contributed by atoms with E-state index in [0.29, 0.717) is 11.4 Å². The van der Waals surface area contributed by atoms with Crippen molar-refractivity contribution in [1.82, 2.24) is 5.32 Å². The van der Waals surface area contributed by atoms with Crippen LogP contribution in [0.5, 0.6) is 0 Å². The zero-order valence-corrected chi connectivity index (χ0v) is 13.4. The van der Waals surface area contributed by atoms with E-state index in [9.17, 15) is 4.79 Å². The smallest absolute Gasteiger partial charge is 0.252 e. The Morgan fingerprint density at radius 1 is 1.25 bits per heavy atom. The number of alkyl halides is 1.